The molecule has 0 unspecified atom stereocenters. The SMILES string of the molecule is Cc1ccc(C=CC(=O)N2C[C@@H](O)C[C@H]2C(=O)O)cc1. The Kier molecular flexibility index (Phi) is 4.20. The number of nitrogens with zero attached hydrogens (tertiary/aromatic N) is 1. The van der Waals surface area contributed by atoms with Crippen LogP contribution in [0.3, 0.4) is 0 Å². The number of aliphatic hydroxyl groups is 1. The van der Waals surface area contributed by atoms with Crippen molar-refractivity contribution in [3.8, 4) is 0 Å². The Morgan fingerprint density at radius 1 is 1.30 bits per heavy atom. The highest BCUT2D eigenvalue weighted by Crippen LogP contribution is 2.19. The highest BCUT2D eigenvalue weighted by atomic mass is 16.4. The van der Waals surface area contributed by atoms with E-state index >= 15 is 0 Å². The standard InChI is InChI=1S/C15H17NO4/c1-10-2-4-11(5-3-10)6-7-14(18)16-9-12(17)8-13(16)15(19)20/h2-7,12-13,17H,8-9H2,1H3,(H,19,20)/t12-,13-/m0/s1. The number of rotatable bonds is 3. The molecular weight excluding hydrogens is 258 g/mol. The van der Waals surface area contributed by atoms with Crippen LogP contribution in [0.1, 0.15) is 17.5 Å². The third kappa shape index (κ3) is 3.24. The van der Waals surface area contributed by atoms with Gasteiger partial charge >= 0.3 is 5.97 Å². The number of hydrogen-bond donors (Lipinski definition) is 2. The third-order valence-corrected chi connectivity index (χ3v) is 3.34. The molecular formula is C15H17NO4. The minimum Gasteiger partial charge on any atom is -0.480 e. The zero-order valence-corrected chi connectivity index (χ0v) is 11.2. The second-order valence-electron chi connectivity index (χ2n) is 4.98. The maximum atomic E-state index is 12.0. The Morgan fingerprint density at radius 3 is 2.55 bits per heavy atom. The molecule has 1 amide bonds. The van der Waals surface area contributed by atoms with Gasteiger partial charge in [-0.3, -0.25) is 4.79 Å². The molecule has 2 atom stereocenters. The number of hydrogen-bond acceptors (Lipinski definition) is 3. The number of aliphatic carboxylic acids is 1. The molecule has 1 heterocycles. The number of amides is 1. The van der Waals surface area contributed by atoms with Crippen molar-refractivity contribution in [1.29, 1.82) is 0 Å². The van der Waals surface area contributed by atoms with E-state index < -0.39 is 24.0 Å². The quantitative estimate of drug-likeness (QED) is 0.808. The van der Waals surface area contributed by atoms with Crippen LogP contribution in [0.15, 0.2) is 30.3 Å². The smallest absolute Gasteiger partial charge is 0.326 e. The van der Waals surface area contributed by atoms with E-state index in [4.69, 9.17) is 5.11 Å². The molecule has 0 bridgehead atoms. The van der Waals surface area contributed by atoms with Gasteiger partial charge in [0.1, 0.15) is 6.04 Å². The summed E-state index contributed by atoms with van der Waals surface area (Å²) in [5, 5.41) is 18.5. The number of β-amino-alcohol motifs (C(OH)–C–C–N with tert-alkyl or cyclic N) is 1. The van der Waals surface area contributed by atoms with Gasteiger partial charge in [0.2, 0.25) is 5.91 Å². The number of carbonyl (C=O) groups excluding carboxylic acids is 1. The van der Waals surface area contributed by atoms with Crippen molar-refractivity contribution in [3.05, 3.63) is 41.5 Å². The minimum atomic E-state index is -1.08. The number of carboxylic acids is 1. The van der Waals surface area contributed by atoms with Gasteiger partial charge in [0, 0.05) is 19.0 Å². The topological polar surface area (TPSA) is 77.8 Å². The maximum Gasteiger partial charge on any atom is 0.326 e. The van der Waals surface area contributed by atoms with E-state index in [2.05, 4.69) is 0 Å². The molecule has 0 saturated carbocycles. The molecule has 1 aromatic carbocycles. The molecule has 2 rings (SSSR count). The first-order chi connectivity index (χ1) is 9.47. The predicted octanol–water partition coefficient (Wildman–Crippen LogP) is 1.05. The first-order valence-corrected chi connectivity index (χ1v) is 6.43. The Morgan fingerprint density at radius 2 is 1.95 bits per heavy atom. The molecule has 20 heavy (non-hydrogen) atoms. The van der Waals surface area contributed by atoms with Gasteiger partial charge in [-0.25, -0.2) is 4.79 Å². The summed E-state index contributed by atoms with van der Waals surface area (Å²) in [7, 11) is 0. The summed E-state index contributed by atoms with van der Waals surface area (Å²) in [5.41, 5.74) is 2.00. The number of carboxylic acid groups (broad SMARTS) is 1. The van der Waals surface area contributed by atoms with Gasteiger partial charge in [0.15, 0.2) is 0 Å². The van der Waals surface area contributed by atoms with Crippen molar-refractivity contribution in [1.82, 2.24) is 4.90 Å². The molecule has 5 heteroatoms. The van der Waals surface area contributed by atoms with Gasteiger partial charge in [-0.05, 0) is 18.6 Å². The van der Waals surface area contributed by atoms with Crippen LogP contribution in [0, 0.1) is 6.92 Å². The van der Waals surface area contributed by atoms with Gasteiger partial charge < -0.3 is 15.1 Å². The Labute approximate surface area is 117 Å². The Hall–Kier alpha value is -2.14. The first kappa shape index (κ1) is 14.3. The second kappa shape index (κ2) is 5.88. The van der Waals surface area contributed by atoms with E-state index in [-0.39, 0.29) is 13.0 Å². The average Bonchev–Trinajstić information content (AvgIpc) is 2.80. The molecule has 1 saturated heterocycles. The summed E-state index contributed by atoms with van der Waals surface area (Å²) in [6.07, 6.45) is 2.30. The summed E-state index contributed by atoms with van der Waals surface area (Å²) >= 11 is 0. The number of likely N-dealkylation sites (tertiary alicyclic amines) is 1. The number of aryl methyl sites for hydroxylation is 1. The van der Waals surface area contributed by atoms with Crippen molar-refractivity contribution in [3.63, 3.8) is 0 Å². The van der Waals surface area contributed by atoms with Crippen molar-refractivity contribution in [2.24, 2.45) is 0 Å². The zero-order chi connectivity index (χ0) is 14.7. The summed E-state index contributed by atoms with van der Waals surface area (Å²) in [4.78, 5) is 24.2. The van der Waals surface area contributed by atoms with Gasteiger partial charge in [-0.2, -0.15) is 0 Å². The predicted molar refractivity (Wildman–Crippen MR) is 74.0 cm³/mol. The van der Waals surface area contributed by atoms with Crippen LogP contribution in [0.5, 0.6) is 0 Å². The lowest BCUT2D eigenvalue weighted by Crippen LogP contribution is -2.39. The minimum absolute atomic E-state index is 0.0635. The maximum absolute atomic E-state index is 12.0. The summed E-state index contributed by atoms with van der Waals surface area (Å²) in [6.45, 7) is 2.04. The fourth-order valence-electron chi connectivity index (χ4n) is 2.23. The van der Waals surface area contributed by atoms with Gasteiger partial charge in [0.25, 0.3) is 0 Å². The van der Waals surface area contributed by atoms with Crippen LogP contribution in [0.2, 0.25) is 0 Å². The Bertz CT molecular complexity index is 535. The van der Waals surface area contributed by atoms with Crippen molar-refractivity contribution >= 4 is 18.0 Å². The monoisotopic (exact) mass is 275 g/mol. The first-order valence-electron chi connectivity index (χ1n) is 6.43. The zero-order valence-electron chi connectivity index (χ0n) is 11.2. The van der Waals surface area contributed by atoms with E-state index in [1.165, 1.54) is 11.0 Å². The van der Waals surface area contributed by atoms with Gasteiger partial charge in [-0.1, -0.05) is 29.8 Å². The molecule has 0 aromatic heterocycles. The average molecular weight is 275 g/mol. The molecule has 5 nitrogen and oxygen atoms in total. The van der Waals surface area contributed by atoms with Crippen molar-refractivity contribution in [2.75, 3.05) is 6.54 Å². The van der Waals surface area contributed by atoms with Crippen LogP contribution in [0.4, 0.5) is 0 Å². The third-order valence-electron chi connectivity index (χ3n) is 3.34. The van der Waals surface area contributed by atoms with E-state index in [1.807, 2.05) is 31.2 Å². The van der Waals surface area contributed by atoms with Crippen LogP contribution in [-0.2, 0) is 9.59 Å². The van der Waals surface area contributed by atoms with Crippen LogP contribution < -0.4 is 0 Å². The Balaban J connectivity index is 2.07. The van der Waals surface area contributed by atoms with Crippen LogP contribution in [0.25, 0.3) is 6.08 Å². The highest BCUT2D eigenvalue weighted by Gasteiger charge is 2.37. The lowest BCUT2D eigenvalue weighted by molar-refractivity contribution is -0.146. The van der Waals surface area contributed by atoms with Crippen LogP contribution >= 0.6 is 0 Å². The number of carbonyl (C=O) groups is 2. The summed E-state index contributed by atoms with van der Waals surface area (Å²) in [5.74, 6) is -1.48. The highest BCUT2D eigenvalue weighted by molar-refractivity contribution is 5.94. The van der Waals surface area contributed by atoms with E-state index in [9.17, 15) is 14.7 Å². The number of aliphatic hydroxyl groups excluding tert-OH is 1. The second-order valence-corrected chi connectivity index (χ2v) is 4.98. The summed E-state index contributed by atoms with van der Waals surface area (Å²) < 4.78 is 0. The molecule has 1 fully saturated rings. The lowest BCUT2D eigenvalue weighted by atomic mass is 10.1. The van der Waals surface area contributed by atoms with Gasteiger partial charge in [-0.15, -0.1) is 0 Å². The van der Waals surface area contributed by atoms with Crippen LogP contribution in [-0.4, -0.2) is 45.7 Å². The largest absolute Gasteiger partial charge is 0.480 e. The fraction of sp³-hybridized carbons (Fsp3) is 0.333. The van der Waals surface area contributed by atoms with E-state index in [1.54, 1.807) is 6.08 Å². The lowest BCUT2D eigenvalue weighted by Gasteiger charge is -2.19. The normalized spacial score (nSPS) is 22.4. The van der Waals surface area contributed by atoms with Crippen molar-refractivity contribution in [2.45, 2.75) is 25.5 Å². The summed E-state index contributed by atoms with van der Waals surface area (Å²) in [6, 6.07) is 6.69. The van der Waals surface area contributed by atoms with Crippen molar-refractivity contribution < 1.29 is 19.8 Å². The van der Waals surface area contributed by atoms with Gasteiger partial charge in [0.05, 0.1) is 6.10 Å². The molecule has 106 valence electrons. The molecule has 2 N–H and O–H groups in total. The molecule has 1 aliphatic rings. The molecule has 0 aliphatic carbocycles. The molecule has 1 aromatic rings. The number of benzene rings is 1. The molecule has 1 aliphatic heterocycles. The van der Waals surface area contributed by atoms with E-state index in [0.29, 0.717) is 0 Å². The van der Waals surface area contributed by atoms with E-state index in [0.717, 1.165) is 11.1 Å². The molecule has 0 radical (unpaired) electrons. The fourth-order valence-corrected chi connectivity index (χ4v) is 2.23. The molecule has 0 spiro atoms.